The van der Waals surface area contributed by atoms with E-state index in [1.807, 2.05) is 0 Å². The minimum Gasteiger partial charge on any atom is -0.505 e. The highest BCUT2D eigenvalue weighted by Gasteiger charge is 2.67. The summed E-state index contributed by atoms with van der Waals surface area (Å²) in [6, 6.07) is 0. The van der Waals surface area contributed by atoms with Crippen LogP contribution in [0.3, 0.4) is 0 Å². The van der Waals surface area contributed by atoms with E-state index in [1.165, 1.54) is 0 Å². The van der Waals surface area contributed by atoms with Crippen molar-refractivity contribution in [1.82, 2.24) is 0 Å². The Hall–Kier alpha value is -1.04. The molecule has 0 unspecified atom stereocenters. The van der Waals surface area contributed by atoms with Gasteiger partial charge in [-0.05, 0) is 18.3 Å². The number of fused-ring (bicyclic) bond motifs is 2. The Morgan fingerprint density at radius 2 is 2.08 bits per heavy atom. The molecule has 0 heterocycles. The fraction of sp³-hybridized carbons (Fsp3) is 0.800. The predicted octanol–water partition coefficient (Wildman–Crippen LogP) is 3.07. The van der Waals surface area contributed by atoms with Gasteiger partial charge in [-0.15, -0.1) is 0 Å². The summed E-state index contributed by atoms with van der Waals surface area (Å²) in [4.78, 5) is 3.22. The van der Waals surface area contributed by atoms with E-state index in [9.17, 15) is 5.11 Å². The van der Waals surface area contributed by atoms with Gasteiger partial charge in [-0.1, -0.05) is 20.8 Å². The van der Waals surface area contributed by atoms with Crippen LogP contribution in [0, 0.1) is 22.1 Å². The third-order valence-corrected chi connectivity index (χ3v) is 4.43. The van der Waals surface area contributed by atoms with E-state index in [4.69, 9.17) is 5.39 Å². The lowest BCUT2D eigenvalue weighted by atomic mass is 9.70. The van der Waals surface area contributed by atoms with E-state index >= 15 is 0 Å². The van der Waals surface area contributed by atoms with Crippen LogP contribution in [0.1, 0.15) is 33.6 Å². The minimum absolute atomic E-state index is 0.0264. The van der Waals surface area contributed by atoms with Gasteiger partial charge in [0, 0.05) is 5.41 Å². The van der Waals surface area contributed by atoms with Gasteiger partial charge in [-0.3, -0.25) is 0 Å². The number of diazo groups is 1. The highest BCUT2D eigenvalue weighted by atomic mass is 16.3. The Kier molecular flexibility index (Phi) is 1.36. The lowest BCUT2D eigenvalue weighted by molar-refractivity contribution is 0.123. The average Bonchev–Trinajstić information content (AvgIpc) is 2.36. The third-order valence-electron chi connectivity index (χ3n) is 4.43. The van der Waals surface area contributed by atoms with Gasteiger partial charge < -0.3 is 5.11 Å². The number of rotatable bonds is 0. The van der Waals surface area contributed by atoms with Gasteiger partial charge in [0.05, 0.1) is 5.92 Å². The molecule has 3 nitrogen and oxygen atoms in total. The van der Waals surface area contributed by atoms with E-state index in [0.29, 0.717) is 11.5 Å². The fourth-order valence-corrected chi connectivity index (χ4v) is 2.97. The zero-order valence-electron chi connectivity index (χ0n) is 8.33. The van der Waals surface area contributed by atoms with Crippen molar-refractivity contribution in [3.63, 3.8) is 0 Å². The molecule has 0 radical (unpaired) electrons. The number of aliphatic hydroxyl groups excluding tert-OH is 1. The highest BCUT2D eigenvalue weighted by molar-refractivity contribution is 5.37. The van der Waals surface area contributed by atoms with Crippen LogP contribution < -0.4 is 0 Å². The quantitative estimate of drug-likeness (QED) is 0.581. The molecule has 0 spiro atoms. The first-order valence-electron chi connectivity index (χ1n) is 4.74. The second-order valence-corrected chi connectivity index (χ2v) is 4.98. The number of hydrogen-bond donors (Lipinski definition) is 1. The molecule has 1 saturated carbocycles. The summed E-state index contributed by atoms with van der Waals surface area (Å²) in [5.74, 6) is 0.527. The number of aliphatic hydroxyl groups is 1. The molecule has 1 fully saturated rings. The van der Waals surface area contributed by atoms with Gasteiger partial charge in [-0.2, -0.15) is 0 Å². The molecule has 0 aliphatic heterocycles. The molecule has 70 valence electrons. The van der Waals surface area contributed by atoms with Gasteiger partial charge >= 0.3 is 5.70 Å². The van der Waals surface area contributed by atoms with Crippen molar-refractivity contribution in [1.29, 1.82) is 5.39 Å². The first-order valence-corrected chi connectivity index (χ1v) is 4.74. The van der Waals surface area contributed by atoms with E-state index < -0.39 is 0 Å². The highest BCUT2D eigenvalue weighted by Crippen LogP contribution is 2.67. The van der Waals surface area contributed by atoms with Gasteiger partial charge in [0.1, 0.15) is 0 Å². The largest absolute Gasteiger partial charge is 0.505 e. The first-order chi connectivity index (χ1) is 5.95. The maximum absolute atomic E-state index is 9.90. The summed E-state index contributed by atoms with van der Waals surface area (Å²) in [5.41, 5.74) is 0.358. The summed E-state index contributed by atoms with van der Waals surface area (Å²) in [5, 5.41) is 18.7. The van der Waals surface area contributed by atoms with Crippen LogP contribution in [0.15, 0.2) is 11.5 Å². The monoisotopic (exact) mass is 179 g/mol. The molecule has 0 aromatic heterocycles. The zero-order chi connectivity index (χ0) is 9.85. The van der Waals surface area contributed by atoms with E-state index in [1.54, 1.807) is 0 Å². The lowest BCUT2D eigenvalue weighted by Crippen LogP contribution is -2.29. The van der Waals surface area contributed by atoms with Crippen LogP contribution in [0.2, 0.25) is 0 Å². The van der Waals surface area contributed by atoms with Crippen LogP contribution in [0.4, 0.5) is 0 Å². The van der Waals surface area contributed by atoms with Crippen molar-refractivity contribution in [3.05, 3.63) is 16.4 Å². The summed E-state index contributed by atoms with van der Waals surface area (Å²) in [6.45, 7) is 6.33. The molecule has 0 aromatic carbocycles. The average molecular weight is 179 g/mol. The molecule has 13 heavy (non-hydrogen) atoms. The number of allylic oxidation sites excluding steroid dienone is 2. The van der Waals surface area contributed by atoms with Crippen LogP contribution in [0.25, 0.3) is 4.98 Å². The molecule has 2 atom stereocenters. The van der Waals surface area contributed by atoms with Crippen molar-refractivity contribution in [3.8, 4) is 0 Å². The molecule has 2 aliphatic rings. The van der Waals surface area contributed by atoms with Crippen molar-refractivity contribution < 1.29 is 5.11 Å². The zero-order valence-corrected chi connectivity index (χ0v) is 8.33. The second kappa shape index (κ2) is 2.06. The van der Waals surface area contributed by atoms with Crippen molar-refractivity contribution in [2.24, 2.45) is 16.7 Å². The smallest absolute Gasteiger partial charge is 0.402 e. The van der Waals surface area contributed by atoms with Crippen LogP contribution >= 0.6 is 0 Å². The molecule has 2 aliphatic carbocycles. The fourth-order valence-electron chi connectivity index (χ4n) is 2.97. The minimum atomic E-state index is -0.181. The molecule has 0 amide bonds. The molecule has 2 bridgehead atoms. The van der Waals surface area contributed by atoms with Crippen molar-refractivity contribution in [2.75, 3.05) is 0 Å². The van der Waals surface area contributed by atoms with E-state index in [-0.39, 0.29) is 16.7 Å². The first kappa shape index (κ1) is 8.55. The summed E-state index contributed by atoms with van der Waals surface area (Å²) in [6.07, 6.45) is 2.02. The predicted molar refractivity (Wildman–Crippen MR) is 49.4 cm³/mol. The molecular weight excluding hydrogens is 164 g/mol. The van der Waals surface area contributed by atoms with Crippen LogP contribution in [-0.2, 0) is 0 Å². The van der Waals surface area contributed by atoms with Gasteiger partial charge in [0.15, 0.2) is 10.7 Å². The maximum atomic E-state index is 9.90. The third kappa shape index (κ3) is 0.680. The van der Waals surface area contributed by atoms with Crippen molar-refractivity contribution >= 4 is 0 Å². The van der Waals surface area contributed by atoms with Gasteiger partial charge in [-0.25, -0.2) is 0 Å². The Morgan fingerprint density at radius 3 is 2.38 bits per heavy atom. The molecule has 3 heteroatoms. The van der Waals surface area contributed by atoms with Crippen molar-refractivity contribution in [2.45, 2.75) is 33.6 Å². The lowest BCUT2D eigenvalue weighted by Gasteiger charge is -2.33. The number of nitrogens with zero attached hydrogens (tertiary/aromatic N) is 2. The maximum Gasteiger partial charge on any atom is 0.402 e. The van der Waals surface area contributed by atoms with Gasteiger partial charge in [0.25, 0.3) is 0 Å². The molecule has 0 aromatic rings. The molecule has 1 N–H and O–H groups in total. The van der Waals surface area contributed by atoms with Gasteiger partial charge in [0.2, 0.25) is 5.39 Å². The summed E-state index contributed by atoms with van der Waals surface area (Å²) in [7, 11) is 0. The topological polar surface area (TPSA) is 48.4 Å². The van der Waals surface area contributed by atoms with E-state index in [0.717, 1.165) is 12.8 Å². The molecule has 2 rings (SSSR count). The number of hydrogen-bond acceptors (Lipinski definition) is 2. The second-order valence-electron chi connectivity index (χ2n) is 4.98. The Morgan fingerprint density at radius 1 is 1.46 bits per heavy atom. The van der Waals surface area contributed by atoms with E-state index in [2.05, 4.69) is 25.7 Å². The Bertz CT molecular complexity index is 337. The SMILES string of the molecule is CC1(C)[C@H]2CC[C@]1(C)C(O)=C2[N+]#N. The Labute approximate surface area is 78.1 Å². The summed E-state index contributed by atoms with van der Waals surface area (Å²) < 4.78 is 0. The van der Waals surface area contributed by atoms with Crippen LogP contribution in [0.5, 0.6) is 0 Å². The molecule has 0 saturated heterocycles. The molecular formula is C10H15N2O+. The summed E-state index contributed by atoms with van der Waals surface area (Å²) >= 11 is 0. The Balaban J connectivity index is 2.60. The standard InChI is InChI=1S/C10H14N2O/c1-9(2)6-4-5-10(9,3)8(13)7(6)12-11/h6H,4-5H2,1-3H3/p+1/t6-,10+/m0/s1. The van der Waals surface area contributed by atoms with Crippen LogP contribution in [-0.4, -0.2) is 5.11 Å². The normalized spacial score (nSPS) is 40.9.